The standard InChI is InChI=1S/C67H42N2S/c1-2-18-43(19-3-1)45-20-14-21-46(42-45)48-22-5-10-32-58(48)68(47-40-38-44(39-41-47)49-26-16-37-63-64(49)53-25-7-13-36-62(53)70-63)61-35-17-30-56-65(61)52-24-4-8-28-54(52)67(56)55-29-9-12-34-60(55)69-59-33-11-6-23-50(59)51-27-15-31-57(67)66(51)69/h1-42H. The van der Waals surface area contributed by atoms with Gasteiger partial charge in [0.25, 0.3) is 0 Å². The average Bonchev–Trinajstić information content (AvgIpc) is 4.09. The molecule has 0 N–H and O–H groups in total. The fourth-order valence-corrected chi connectivity index (χ4v) is 13.5. The van der Waals surface area contributed by atoms with Crippen molar-refractivity contribution in [3.05, 3.63) is 277 Å². The van der Waals surface area contributed by atoms with Gasteiger partial charge in [0.05, 0.1) is 33.5 Å². The summed E-state index contributed by atoms with van der Waals surface area (Å²) >= 11 is 1.87. The van der Waals surface area contributed by atoms with Crippen LogP contribution >= 0.6 is 11.3 Å². The second-order valence-electron chi connectivity index (χ2n) is 18.7. The molecule has 0 amide bonds. The van der Waals surface area contributed by atoms with Gasteiger partial charge in [-0.3, -0.25) is 0 Å². The number of fused-ring (bicyclic) bond motifs is 15. The van der Waals surface area contributed by atoms with Gasteiger partial charge in [-0.05, 0) is 110 Å². The van der Waals surface area contributed by atoms with E-state index in [2.05, 4.69) is 264 Å². The molecule has 3 heterocycles. The lowest BCUT2D eigenvalue weighted by Gasteiger charge is -2.39. The molecule has 1 spiro atoms. The Morgan fingerprint density at radius 1 is 0.357 bits per heavy atom. The number of rotatable bonds is 6. The monoisotopic (exact) mass is 906 g/mol. The summed E-state index contributed by atoms with van der Waals surface area (Å²) in [7, 11) is 0. The Morgan fingerprint density at radius 3 is 1.86 bits per heavy atom. The summed E-state index contributed by atoms with van der Waals surface area (Å²) in [6, 6.07) is 94.9. The molecule has 0 fully saturated rings. The minimum absolute atomic E-state index is 0.580. The van der Waals surface area contributed by atoms with Crippen molar-refractivity contribution in [2.75, 3.05) is 4.90 Å². The van der Waals surface area contributed by atoms with E-state index in [1.807, 2.05) is 11.3 Å². The highest BCUT2D eigenvalue weighted by Crippen LogP contribution is 2.63. The lowest BCUT2D eigenvalue weighted by molar-refractivity contribution is 0.748. The van der Waals surface area contributed by atoms with Gasteiger partial charge in [-0.25, -0.2) is 0 Å². The Hall–Kier alpha value is -8.76. The van der Waals surface area contributed by atoms with E-state index >= 15 is 0 Å². The molecule has 13 aromatic rings. The number of hydrogen-bond donors (Lipinski definition) is 0. The van der Waals surface area contributed by atoms with Gasteiger partial charge in [0.15, 0.2) is 0 Å². The summed E-state index contributed by atoms with van der Waals surface area (Å²) in [6.45, 7) is 0. The van der Waals surface area contributed by atoms with E-state index in [1.165, 1.54) is 109 Å². The predicted octanol–water partition coefficient (Wildman–Crippen LogP) is 18.3. The maximum atomic E-state index is 2.54. The summed E-state index contributed by atoms with van der Waals surface area (Å²) in [4.78, 5) is 2.54. The van der Waals surface area contributed by atoms with E-state index < -0.39 is 5.41 Å². The molecule has 11 aromatic carbocycles. The molecule has 1 atom stereocenters. The molecular formula is C67H42N2S. The zero-order chi connectivity index (χ0) is 45.9. The van der Waals surface area contributed by atoms with Gasteiger partial charge in [0.1, 0.15) is 0 Å². The lowest BCUT2D eigenvalue weighted by Crippen LogP contribution is -2.33. The predicted molar refractivity (Wildman–Crippen MR) is 296 cm³/mol. The largest absolute Gasteiger partial charge is 0.309 e. The van der Waals surface area contributed by atoms with E-state index in [0.29, 0.717) is 0 Å². The molecule has 2 aliphatic rings. The molecule has 0 saturated heterocycles. The quantitative estimate of drug-likeness (QED) is 0.161. The molecule has 15 rings (SSSR count). The van der Waals surface area contributed by atoms with Crippen molar-refractivity contribution >= 4 is 70.4 Å². The van der Waals surface area contributed by atoms with Crippen LogP contribution in [0.3, 0.4) is 0 Å². The van der Waals surface area contributed by atoms with Crippen LogP contribution < -0.4 is 4.90 Å². The van der Waals surface area contributed by atoms with Crippen molar-refractivity contribution in [1.29, 1.82) is 0 Å². The Balaban J connectivity index is 1.00. The van der Waals surface area contributed by atoms with Crippen LogP contribution in [0.1, 0.15) is 22.3 Å². The van der Waals surface area contributed by atoms with E-state index in [9.17, 15) is 0 Å². The Bertz CT molecular complexity index is 4250. The number of anilines is 3. The van der Waals surface area contributed by atoms with Crippen molar-refractivity contribution in [1.82, 2.24) is 4.57 Å². The van der Waals surface area contributed by atoms with Crippen molar-refractivity contribution in [3.8, 4) is 50.2 Å². The molecule has 326 valence electrons. The average molecular weight is 907 g/mol. The van der Waals surface area contributed by atoms with Gasteiger partial charge in [-0.2, -0.15) is 0 Å². The summed E-state index contributed by atoms with van der Waals surface area (Å²) in [5, 5.41) is 5.19. The van der Waals surface area contributed by atoms with Crippen molar-refractivity contribution in [2.45, 2.75) is 5.41 Å². The Morgan fingerprint density at radius 2 is 0.957 bits per heavy atom. The first-order chi connectivity index (χ1) is 34.8. The molecule has 3 heteroatoms. The normalized spacial score (nSPS) is 14.3. The molecule has 2 aromatic heterocycles. The maximum absolute atomic E-state index is 2.54. The fourth-order valence-electron chi connectivity index (χ4n) is 12.4. The van der Waals surface area contributed by atoms with Gasteiger partial charge in [-0.15, -0.1) is 11.3 Å². The highest BCUT2D eigenvalue weighted by atomic mass is 32.1. The zero-order valence-electron chi connectivity index (χ0n) is 38.1. The molecule has 70 heavy (non-hydrogen) atoms. The van der Waals surface area contributed by atoms with E-state index in [1.54, 1.807) is 0 Å². The van der Waals surface area contributed by atoms with E-state index in [-0.39, 0.29) is 0 Å². The van der Waals surface area contributed by atoms with Gasteiger partial charge in [0.2, 0.25) is 0 Å². The van der Waals surface area contributed by atoms with Crippen LogP contribution in [0.25, 0.3) is 92.2 Å². The third-order valence-electron chi connectivity index (χ3n) is 15.2. The van der Waals surface area contributed by atoms with Crippen LogP contribution in [-0.2, 0) is 5.41 Å². The van der Waals surface area contributed by atoms with Crippen molar-refractivity contribution in [3.63, 3.8) is 0 Å². The SMILES string of the molecule is c1ccc(-c2cccc(-c3ccccc3N(c3ccc(-c4cccc5sc6ccccc6c45)cc3)c3cccc4c3-c3ccccc3C43c4ccccc4-n4c5ccccc5c5cccc3c54)c2)cc1. The number of benzene rings is 11. The third kappa shape index (κ3) is 5.44. The number of aromatic nitrogens is 1. The highest BCUT2D eigenvalue weighted by molar-refractivity contribution is 7.25. The zero-order valence-corrected chi connectivity index (χ0v) is 38.9. The summed E-state index contributed by atoms with van der Waals surface area (Å²) in [5.74, 6) is 0. The Labute approximate surface area is 410 Å². The smallest absolute Gasteiger partial charge is 0.0755 e. The minimum Gasteiger partial charge on any atom is -0.309 e. The van der Waals surface area contributed by atoms with E-state index in [4.69, 9.17) is 0 Å². The fraction of sp³-hybridized carbons (Fsp3) is 0.0149. The van der Waals surface area contributed by atoms with Crippen molar-refractivity contribution < 1.29 is 0 Å². The molecule has 0 radical (unpaired) electrons. The summed E-state index contributed by atoms with van der Waals surface area (Å²) in [6.07, 6.45) is 0. The molecular weight excluding hydrogens is 865 g/mol. The van der Waals surface area contributed by atoms with Gasteiger partial charge >= 0.3 is 0 Å². The number of thiophene rings is 1. The second-order valence-corrected chi connectivity index (χ2v) is 19.8. The van der Waals surface area contributed by atoms with Gasteiger partial charge in [-0.1, -0.05) is 200 Å². The first kappa shape index (κ1) is 39.3. The number of nitrogens with zero attached hydrogens (tertiary/aromatic N) is 2. The Kier molecular flexibility index (Phi) is 8.48. The summed E-state index contributed by atoms with van der Waals surface area (Å²) in [5.41, 5.74) is 21.4. The first-order valence-corrected chi connectivity index (χ1v) is 25.0. The van der Waals surface area contributed by atoms with Gasteiger partial charge in [0, 0.05) is 47.8 Å². The topological polar surface area (TPSA) is 8.17 Å². The minimum atomic E-state index is -0.580. The summed E-state index contributed by atoms with van der Waals surface area (Å²) < 4.78 is 5.15. The second kappa shape index (κ2) is 15.1. The van der Waals surface area contributed by atoms with Crippen LogP contribution in [0.4, 0.5) is 17.1 Å². The molecule has 2 nitrogen and oxygen atoms in total. The lowest BCUT2D eigenvalue weighted by atomic mass is 9.65. The molecule has 1 aliphatic heterocycles. The van der Waals surface area contributed by atoms with Crippen LogP contribution in [0.15, 0.2) is 255 Å². The van der Waals surface area contributed by atoms with Crippen LogP contribution in [0.2, 0.25) is 0 Å². The molecule has 1 aliphatic carbocycles. The molecule has 1 unspecified atom stereocenters. The third-order valence-corrected chi connectivity index (χ3v) is 16.3. The van der Waals surface area contributed by atoms with Crippen molar-refractivity contribution in [2.24, 2.45) is 0 Å². The van der Waals surface area contributed by atoms with E-state index in [0.717, 1.165) is 22.6 Å². The number of para-hydroxylation sites is 4. The molecule has 0 saturated carbocycles. The number of hydrogen-bond acceptors (Lipinski definition) is 2. The molecule has 0 bridgehead atoms. The maximum Gasteiger partial charge on any atom is 0.0755 e. The van der Waals surface area contributed by atoms with Crippen LogP contribution in [0.5, 0.6) is 0 Å². The highest BCUT2D eigenvalue weighted by Gasteiger charge is 2.51. The van der Waals surface area contributed by atoms with Gasteiger partial charge < -0.3 is 9.47 Å². The van der Waals surface area contributed by atoms with Crippen LogP contribution in [-0.4, -0.2) is 4.57 Å². The first-order valence-electron chi connectivity index (χ1n) is 24.2. The van der Waals surface area contributed by atoms with Crippen LogP contribution in [0, 0.1) is 0 Å².